The molecule has 6 rings (SSSR count). The molecule has 3 N–H and O–H groups in total. The van der Waals surface area contributed by atoms with Crippen LogP contribution in [0.5, 0.6) is 11.5 Å². The van der Waals surface area contributed by atoms with Crippen molar-refractivity contribution < 1.29 is 79.5 Å². The molecule has 2 aromatic carbocycles. The number of anilines is 2. The number of hydrogen-bond acceptors (Lipinski definition) is 22. The number of ether oxygens (including phenoxy) is 11. The van der Waals surface area contributed by atoms with Crippen molar-refractivity contribution in [2.45, 2.75) is 54.9 Å². The van der Waals surface area contributed by atoms with Crippen LogP contribution in [0.15, 0.2) is 47.5 Å². The van der Waals surface area contributed by atoms with Crippen molar-refractivity contribution in [3.8, 4) is 11.5 Å². The highest BCUT2D eigenvalue weighted by Gasteiger charge is 2.33. The Kier molecular flexibility index (Phi) is 29.4. The molecule has 4 unspecified atom stereocenters. The van der Waals surface area contributed by atoms with Crippen LogP contribution in [0.1, 0.15) is 30.5 Å². The predicted octanol–water partition coefficient (Wildman–Crippen LogP) is 5.90. The minimum Gasteiger partial charge on any atom is -0.491 e. The third-order valence-corrected chi connectivity index (χ3v) is 13.8. The largest absolute Gasteiger partial charge is 0.491 e. The summed E-state index contributed by atoms with van der Waals surface area (Å²) in [5.41, 5.74) is 1.25. The second-order valence-corrected chi connectivity index (χ2v) is 20.7. The molecule has 2 aromatic heterocycles. The van der Waals surface area contributed by atoms with Gasteiger partial charge >= 0.3 is 5.97 Å². The van der Waals surface area contributed by atoms with Crippen molar-refractivity contribution in [2.75, 3.05) is 142 Å². The molecule has 77 heavy (non-hydrogen) atoms. The average Bonchev–Trinajstić information content (AvgIpc) is 4.08. The fourth-order valence-electron chi connectivity index (χ4n) is 7.17. The predicted molar refractivity (Wildman–Crippen MR) is 282 cm³/mol. The van der Waals surface area contributed by atoms with E-state index in [0.29, 0.717) is 152 Å². The van der Waals surface area contributed by atoms with Gasteiger partial charge in [0.05, 0.1) is 143 Å². The first-order valence-electron chi connectivity index (χ1n) is 24.9. The second-order valence-electron chi connectivity index (χ2n) is 16.7. The van der Waals surface area contributed by atoms with Gasteiger partial charge in [0.1, 0.15) is 41.7 Å². The highest BCUT2D eigenvalue weighted by atomic mass is 35.5. The van der Waals surface area contributed by atoms with E-state index in [9.17, 15) is 18.0 Å². The van der Waals surface area contributed by atoms with Crippen LogP contribution in [0.2, 0.25) is 5.28 Å². The van der Waals surface area contributed by atoms with Crippen LogP contribution >= 0.6 is 41.0 Å². The Hall–Kier alpha value is -3.95. The molecule has 22 nitrogen and oxygen atoms in total. The van der Waals surface area contributed by atoms with Crippen molar-refractivity contribution in [2.24, 2.45) is 0 Å². The van der Waals surface area contributed by atoms with Crippen molar-refractivity contribution in [1.29, 1.82) is 5.41 Å². The molecule has 2 saturated heterocycles. The minimum absolute atomic E-state index is 0.0430. The van der Waals surface area contributed by atoms with Crippen molar-refractivity contribution in [3.63, 3.8) is 0 Å². The van der Waals surface area contributed by atoms with Gasteiger partial charge in [-0.15, -0.1) is 16.9 Å². The first-order chi connectivity index (χ1) is 37.7. The van der Waals surface area contributed by atoms with Gasteiger partial charge in [0, 0.05) is 65.1 Å². The Labute approximate surface area is 457 Å². The van der Waals surface area contributed by atoms with E-state index in [4.69, 9.17) is 73.8 Å². The number of benzene rings is 2. The van der Waals surface area contributed by atoms with Crippen molar-refractivity contribution in [3.05, 3.63) is 76.6 Å². The maximum absolute atomic E-state index is 13.6. The van der Waals surface area contributed by atoms with E-state index >= 15 is 0 Å². The van der Waals surface area contributed by atoms with E-state index in [-0.39, 0.29) is 61.5 Å². The van der Waals surface area contributed by atoms with Crippen LogP contribution in [0.4, 0.5) is 24.8 Å². The molecule has 29 heteroatoms. The molecule has 0 bridgehead atoms. The lowest BCUT2D eigenvalue weighted by Gasteiger charge is -2.40. The summed E-state index contributed by atoms with van der Waals surface area (Å²) in [6.45, 7) is 8.38. The zero-order valence-corrected chi connectivity index (χ0v) is 46.0. The lowest BCUT2D eigenvalue weighted by atomic mass is 10.1. The molecule has 0 radical (unpaired) electrons. The van der Waals surface area contributed by atoms with Crippen LogP contribution in [-0.4, -0.2) is 191 Å². The SMILES string of the molecule is N=Cc1c(NC2CCC(COPCPO)O2)nc(Cl)nc1N1CC(Sc2ccc(OCCOCCOCCOCCOCc3cn(CCOCCOCCOCCOCCC(=O)Oc4c(F)cc(F)cc4F)nn3)cc2)C1. The molecule has 0 spiro atoms. The Bertz CT molecular complexity index is 2320. The number of thioether (sulfide) groups is 1. The molecular weight excluding hydrogens is 1100 g/mol. The van der Waals surface area contributed by atoms with Crippen molar-refractivity contribution in [1.82, 2.24) is 25.0 Å². The zero-order valence-electron chi connectivity index (χ0n) is 42.4. The highest BCUT2D eigenvalue weighted by molar-refractivity contribution is 8.00. The fourth-order valence-corrected chi connectivity index (χ4v) is 9.49. The summed E-state index contributed by atoms with van der Waals surface area (Å²) in [4.78, 5) is 32.8. The molecular formula is C48H66ClF3N8O14P2S. The zero-order chi connectivity index (χ0) is 54.3. The molecule has 2 aliphatic heterocycles. The summed E-state index contributed by atoms with van der Waals surface area (Å²) in [7, 11) is 0.148. The highest BCUT2D eigenvalue weighted by Crippen LogP contribution is 2.36. The van der Waals surface area contributed by atoms with Gasteiger partial charge in [0.2, 0.25) is 11.0 Å². The number of aromatic nitrogens is 5. The maximum atomic E-state index is 13.6. The maximum Gasteiger partial charge on any atom is 0.313 e. The van der Waals surface area contributed by atoms with E-state index in [1.165, 1.54) is 6.21 Å². The molecule has 0 aliphatic carbocycles. The Balaban J connectivity index is 0.673. The summed E-state index contributed by atoms with van der Waals surface area (Å²) in [6.07, 6.45) is 4.07. The molecule has 4 atom stereocenters. The number of esters is 1. The first kappa shape index (κ1) is 62.3. The summed E-state index contributed by atoms with van der Waals surface area (Å²) >= 11 is 8.12. The number of nitrogens with zero attached hydrogens (tertiary/aromatic N) is 6. The smallest absolute Gasteiger partial charge is 0.313 e. The molecule has 0 amide bonds. The third-order valence-electron chi connectivity index (χ3n) is 10.9. The summed E-state index contributed by atoms with van der Waals surface area (Å²) in [6, 6.07) is 8.83. The summed E-state index contributed by atoms with van der Waals surface area (Å²) in [5.74, 6) is -3.11. The topological polar surface area (TPSA) is 244 Å². The number of nitrogens with one attached hydrogen (secondary N) is 2. The summed E-state index contributed by atoms with van der Waals surface area (Å²) < 4.78 is 108. The quantitative estimate of drug-likeness (QED) is 0.0117. The first-order valence-corrected chi connectivity index (χ1v) is 28.4. The van der Waals surface area contributed by atoms with Crippen LogP contribution in [0.25, 0.3) is 0 Å². The lowest BCUT2D eigenvalue weighted by Crippen LogP contribution is -2.50. The number of rotatable bonds is 42. The van der Waals surface area contributed by atoms with Gasteiger partial charge in [0.25, 0.3) is 0 Å². The summed E-state index contributed by atoms with van der Waals surface area (Å²) in [5, 5.41) is 20.1. The van der Waals surface area contributed by atoms with E-state index in [0.717, 1.165) is 36.6 Å². The Morgan fingerprint density at radius 1 is 0.831 bits per heavy atom. The minimum atomic E-state index is -1.31. The molecule has 426 valence electrons. The second kappa shape index (κ2) is 36.3. The van der Waals surface area contributed by atoms with Crippen LogP contribution in [-0.2, 0) is 65.1 Å². The molecule has 2 fully saturated rings. The molecule has 0 saturated carbocycles. The number of carbonyl (C=O) groups excluding carboxylic acids is 1. The van der Waals surface area contributed by atoms with Gasteiger partial charge in [0.15, 0.2) is 11.6 Å². The van der Waals surface area contributed by atoms with Crippen molar-refractivity contribution >= 4 is 64.8 Å². The molecule has 4 aromatic rings. The van der Waals surface area contributed by atoms with Gasteiger partial charge in [-0.25, -0.2) is 17.9 Å². The van der Waals surface area contributed by atoms with E-state index in [1.807, 2.05) is 24.3 Å². The number of halogens is 4. The molecule has 2 aliphatic rings. The van der Waals surface area contributed by atoms with Gasteiger partial charge in [-0.2, -0.15) is 9.97 Å². The molecule has 4 heterocycles. The van der Waals surface area contributed by atoms with Gasteiger partial charge < -0.3 is 77.1 Å². The number of carbonyl (C=O) groups is 1. The van der Waals surface area contributed by atoms with E-state index in [2.05, 4.69) is 35.2 Å². The van der Waals surface area contributed by atoms with Crippen LogP contribution in [0.3, 0.4) is 0 Å². The Morgan fingerprint density at radius 3 is 2.08 bits per heavy atom. The van der Waals surface area contributed by atoms with Gasteiger partial charge in [-0.1, -0.05) is 5.21 Å². The van der Waals surface area contributed by atoms with E-state index in [1.54, 1.807) is 22.6 Å². The van der Waals surface area contributed by atoms with E-state index < -0.39 is 29.2 Å². The van der Waals surface area contributed by atoms with Gasteiger partial charge in [-0.3, -0.25) is 4.79 Å². The Morgan fingerprint density at radius 2 is 1.44 bits per heavy atom. The van der Waals surface area contributed by atoms with Gasteiger partial charge in [-0.05, 0) is 48.7 Å². The third kappa shape index (κ3) is 23.7. The normalized spacial score (nSPS) is 15.8. The monoisotopic (exact) mass is 1160 g/mol. The average molecular weight is 1170 g/mol. The van der Waals surface area contributed by atoms with Crippen LogP contribution in [0, 0.1) is 22.9 Å². The fraction of sp³-hybridized carbons (Fsp3) is 0.583. The number of hydrogen-bond donors (Lipinski definition) is 3. The lowest BCUT2D eigenvalue weighted by molar-refractivity contribution is -0.136. The standard InChI is InChI=1S/C48H66ClF3N8O14P2S/c49-48-55-46(54-43-6-3-37(73-43)32-72-76-33-75-62)40(27-53)47(56-48)59-29-39(30-59)77-38-4-1-36(2-5-38)71-24-23-69-20-19-67-17-18-68-21-22-70-31-35-28-60(58-57-35)8-10-64-12-14-66-16-15-65-13-11-63-9-7-44(61)74-45-41(51)25-34(50)26-42(45)52/h1-2,4-5,25-28,37,39,43,53,62,75-76H,3,6-24,29-33H2,(H,54,55,56). The van der Waals surface area contributed by atoms with Crippen LogP contribution < -0.4 is 19.7 Å².